The number of nitrogens with one attached hydrogen (secondary N) is 1. The van der Waals surface area contributed by atoms with Crippen LogP contribution in [0.3, 0.4) is 0 Å². The van der Waals surface area contributed by atoms with Gasteiger partial charge in [-0.1, -0.05) is 41.6 Å². The average Bonchev–Trinajstić information content (AvgIpc) is 2.64. The third kappa shape index (κ3) is 5.59. The first-order valence-corrected chi connectivity index (χ1v) is 7.93. The maximum absolute atomic E-state index is 11.8. The summed E-state index contributed by atoms with van der Waals surface area (Å²) < 4.78 is 10.4. The molecule has 0 heterocycles. The Labute approximate surface area is 152 Å². The van der Waals surface area contributed by atoms with Gasteiger partial charge in [-0.15, -0.1) is 0 Å². The minimum absolute atomic E-state index is 0.242. The van der Waals surface area contributed by atoms with Crippen LogP contribution in [0.5, 0.6) is 11.5 Å². The van der Waals surface area contributed by atoms with Gasteiger partial charge in [-0.25, -0.2) is 0 Å². The highest BCUT2D eigenvalue weighted by atomic mass is 35.5. The van der Waals surface area contributed by atoms with Crippen LogP contribution < -0.4 is 14.8 Å². The highest BCUT2D eigenvalue weighted by Gasteiger charge is 2.09. The predicted octanol–water partition coefficient (Wildman–Crippen LogP) is 3.54. The zero-order valence-electron chi connectivity index (χ0n) is 14.0. The molecule has 0 radical (unpaired) electrons. The Kier molecular flexibility index (Phi) is 6.94. The normalized spacial score (nSPS) is 10.0. The molecule has 0 bridgehead atoms. The average molecular weight is 356 g/mol. The van der Waals surface area contributed by atoms with E-state index < -0.39 is 0 Å². The van der Waals surface area contributed by atoms with Gasteiger partial charge in [0, 0.05) is 11.6 Å². The number of hydrogen-bond acceptors (Lipinski definition) is 3. The number of amides is 1. The number of halogens is 1. The number of benzene rings is 2. The van der Waals surface area contributed by atoms with Crippen LogP contribution in [0, 0.1) is 11.8 Å². The molecule has 0 saturated carbocycles. The molecule has 4 nitrogen and oxygen atoms in total. The molecule has 25 heavy (non-hydrogen) atoms. The summed E-state index contributed by atoms with van der Waals surface area (Å²) >= 11 is 6.13. The summed E-state index contributed by atoms with van der Waals surface area (Å²) in [6.07, 6.45) is 3.07. The van der Waals surface area contributed by atoms with Crippen LogP contribution in [0.1, 0.15) is 11.1 Å². The molecule has 1 amide bonds. The number of carbonyl (C=O) groups is 1. The maximum atomic E-state index is 11.8. The van der Waals surface area contributed by atoms with Gasteiger partial charge in [0.2, 0.25) is 5.91 Å². The molecule has 2 aromatic rings. The Morgan fingerprint density at radius 1 is 1.20 bits per heavy atom. The van der Waals surface area contributed by atoms with Crippen LogP contribution in [0.2, 0.25) is 5.02 Å². The molecule has 0 spiro atoms. The van der Waals surface area contributed by atoms with Crippen LogP contribution >= 0.6 is 11.6 Å². The van der Waals surface area contributed by atoms with Crippen molar-refractivity contribution in [2.24, 2.45) is 0 Å². The van der Waals surface area contributed by atoms with Gasteiger partial charge >= 0.3 is 0 Å². The first-order chi connectivity index (χ1) is 12.1. The van der Waals surface area contributed by atoms with Gasteiger partial charge in [0.25, 0.3) is 0 Å². The Hall–Kier alpha value is -2.90. The molecule has 0 fully saturated rings. The summed E-state index contributed by atoms with van der Waals surface area (Å²) in [5.41, 5.74) is 1.64. The van der Waals surface area contributed by atoms with E-state index in [0.29, 0.717) is 16.5 Å². The zero-order valence-corrected chi connectivity index (χ0v) is 14.8. The molecule has 0 aliphatic rings. The van der Waals surface area contributed by atoms with E-state index in [0.717, 1.165) is 11.1 Å². The zero-order chi connectivity index (χ0) is 18.1. The van der Waals surface area contributed by atoms with E-state index >= 15 is 0 Å². The second kappa shape index (κ2) is 9.41. The van der Waals surface area contributed by atoms with Crippen molar-refractivity contribution in [2.45, 2.75) is 0 Å². The van der Waals surface area contributed by atoms with Crippen molar-refractivity contribution in [3.8, 4) is 23.3 Å². The second-order valence-electron chi connectivity index (χ2n) is 4.96. The highest BCUT2D eigenvalue weighted by Crippen LogP contribution is 2.36. The SMILES string of the molecule is COc1cc(/C=C/C(=O)NCC#Cc2ccccc2)cc(Cl)c1OC. The minimum Gasteiger partial charge on any atom is -0.493 e. The van der Waals surface area contributed by atoms with Gasteiger partial charge in [0.1, 0.15) is 0 Å². The van der Waals surface area contributed by atoms with Crippen LogP contribution in [-0.4, -0.2) is 26.7 Å². The van der Waals surface area contributed by atoms with Crippen molar-refractivity contribution in [1.82, 2.24) is 5.32 Å². The van der Waals surface area contributed by atoms with E-state index in [4.69, 9.17) is 21.1 Å². The molecule has 0 aliphatic heterocycles. The quantitative estimate of drug-likeness (QED) is 0.659. The lowest BCUT2D eigenvalue weighted by atomic mass is 10.2. The molecule has 0 saturated heterocycles. The van der Waals surface area contributed by atoms with Crippen molar-refractivity contribution in [3.05, 3.63) is 64.7 Å². The Morgan fingerprint density at radius 2 is 1.96 bits per heavy atom. The summed E-state index contributed by atoms with van der Waals surface area (Å²) in [5, 5.41) is 3.11. The summed E-state index contributed by atoms with van der Waals surface area (Å²) in [6, 6.07) is 13.0. The number of rotatable bonds is 5. The number of methoxy groups -OCH3 is 2. The molecule has 128 valence electrons. The number of carbonyl (C=O) groups excluding carboxylic acids is 1. The van der Waals surface area contributed by atoms with E-state index in [1.54, 1.807) is 18.2 Å². The first kappa shape index (κ1) is 18.4. The fourth-order valence-electron chi connectivity index (χ4n) is 2.06. The van der Waals surface area contributed by atoms with Crippen molar-refractivity contribution in [2.75, 3.05) is 20.8 Å². The fraction of sp³-hybridized carbons (Fsp3) is 0.150. The topological polar surface area (TPSA) is 47.6 Å². The van der Waals surface area contributed by atoms with Gasteiger partial charge in [-0.2, -0.15) is 0 Å². The van der Waals surface area contributed by atoms with Crippen molar-refractivity contribution in [3.63, 3.8) is 0 Å². The van der Waals surface area contributed by atoms with E-state index in [9.17, 15) is 4.79 Å². The molecule has 5 heteroatoms. The third-order valence-electron chi connectivity index (χ3n) is 3.24. The van der Waals surface area contributed by atoms with E-state index in [-0.39, 0.29) is 12.5 Å². The van der Waals surface area contributed by atoms with Crippen LogP contribution in [0.4, 0.5) is 0 Å². The number of hydrogen-bond donors (Lipinski definition) is 1. The summed E-state index contributed by atoms with van der Waals surface area (Å²) in [6.45, 7) is 0.269. The highest BCUT2D eigenvalue weighted by molar-refractivity contribution is 6.32. The fourth-order valence-corrected chi connectivity index (χ4v) is 2.36. The van der Waals surface area contributed by atoms with Crippen molar-refractivity contribution >= 4 is 23.6 Å². The molecule has 0 atom stereocenters. The van der Waals surface area contributed by atoms with E-state index in [1.807, 2.05) is 30.3 Å². The molecule has 0 unspecified atom stereocenters. The Balaban J connectivity index is 1.94. The Bertz CT molecular complexity index is 820. The second-order valence-corrected chi connectivity index (χ2v) is 5.36. The monoisotopic (exact) mass is 355 g/mol. The van der Waals surface area contributed by atoms with Gasteiger partial charge < -0.3 is 14.8 Å². The smallest absolute Gasteiger partial charge is 0.244 e. The van der Waals surface area contributed by atoms with Crippen LogP contribution in [0.25, 0.3) is 6.08 Å². The third-order valence-corrected chi connectivity index (χ3v) is 3.52. The predicted molar refractivity (Wildman–Crippen MR) is 99.9 cm³/mol. The van der Waals surface area contributed by atoms with Gasteiger partial charge in [0.05, 0.1) is 25.8 Å². The molecule has 2 aromatic carbocycles. The number of ether oxygens (including phenoxy) is 2. The van der Waals surface area contributed by atoms with Gasteiger partial charge in [0.15, 0.2) is 11.5 Å². The molecule has 0 aromatic heterocycles. The standard InChI is InChI=1S/C20H18ClNO3/c1-24-18-14-16(13-17(21)20(18)25-2)10-11-19(23)22-12-6-9-15-7-4-3-5-8-15/h3-5,7-8,10-11,13-14H,12H2,1-2H3,(H,22,23)/b11-10+. The maximum Gasteiger partial charge on any atom is 0.244 e. The van der Waals surface area contributed by atoms with Gasteiger partial charge in [-0.3, -0.25) is 4.79 Å². The van der Waals surface area contributed by atoms with Crippen molar-refractivity contribution in [1.29, 1.82) is 0 Å². The molecular weight excluding hydrogens is 338 g/mol. The molecule has 1 N–H and O–H groups in total. The Morgan fingerprint density at radius 3 is 2.64 bits per heavy atom. The van der Waals surface area contributed by atoms with E-state index in [2.05, 4.69) is 17.2 Å². The first-order valence-electron chi connectivity index (χ1n) is 7.55. The minimum atomic E-state index is -0.242. The summed E-state index contributed by atoms with van der Waals surface area (Å²) in [7, 11) is 3.04. The lowest BCUT2D eigenvalue weighted by Crippen LogP contribution is -2.20. The molecule has 2 rings (SSSR count). The largest absolute Gasteiger partial charge is 0.493 e. The lowest BCUT2D eigenvalue weighted by molar-refractivity contribution is -0.116. The molecular formula is C20H18ClNO3. The van der Waals surface area contributed by atoms with Crippen molar-refractivity contribution < 1.29 is 14.3 Å². The van der Waals surface area contributed by atoms with E-state index in [1.165, 1.54) is 20.3 Å². The lowest BCUT2D eigenvalue weighted by Gasteiger charge is -2.10. The summed E-state index contributed by atoms with van der Waals surface area (Å²) in [5.74, 6) is 6.59. The summed E-state index contributed by atoms with van der Waals surface area (Å²) in [4.78, 5) is 11.8. The van der Waals surface area contributed by atoms with Gasteiger partial charge in [-0.05, 0) is 35.9 Å². The van der Waals surface area contributed by atoms with Crippen LogP contribution in [0.15, 0.2) is 48.5 Å². The van der Waals surface area contributed by atoms with Crippen LogP contribution in [-0.2, 0) is 4.79 Å². The molecule has 0 aliphatic carbocycles.